The fourth-order valence-corrected chi connectivity index (χ4v) is 1.78. The first-order chi connectivity index (χ1) is 8.76. The third-order valence-electron chi connectivity index (χ3n) is 2.23. The number of amides is 1. The van der Waals surface area contributed by atoms with Gasteiger partial charge >= 0.3 is 0 Å². The van der Waals surface area contributed by atoms with E-state index in [0.717, 1.165) is 5.56 Å². The van der Waals surface area contributed by atoms with E-state index < -0.39 is 0 Å². The highest BCUT2D eigenvalue weighted by atomic mass is 32.1. The maximum absolute atomic E-state index is 11.7. The average molecular weight is 276 g/mol. The Hall–Kier alpha value is -1.68. The summed E-state index contributed by atoms with van der Waals surface area (Å²) in [5.74, 6) is -0.234. The van der Waals surface area contributed by atoms with Gasteiger partial charge in [-0.05, 0) is 51.6 Å². The number of aryl methyl sites for hydroxylation is 1. The molecule has 0 radical (unpaired) electrons. The van der Waals surface area contributed by atoms with Crippen molar-refractivity contribution in [1.29, 1.82) is 0 Å². The fraction of sp³-hybridized carbons (Fsp3) is 0.333. The first-order valence-corrected chi connectivity index (χ1v) is 6.55. The number of thiocarbonyl (C=S) groups is 1. The van der Waals surface area contributed by atoms with Crippen molar-refractivity contribution in [3.8, 4) is 0 Å². The molecule has 0 heterocycles. The van der Waals surface area contributed by atoms with Crippen molar-refractivity contribution in [3.05, 3.63) is 41.5 Å². The van der Waals surface area contributed by atoms with Gasteiger partial charge in [-0.2, -0.15) is 0 Å². The van der Waals surface area contributed by atoms with Gasteiger partial charge in [0.25, 0.3) is 0 Å². The van der Waals surface area contributed by atoms with Gasteiger partial charge < -0.3 is 5.32 Å². The van der Waals surface area contributed by atoms with E-state index in [-0.39, 0.29) is 11.4 Å². The quantitative estimate of drug-likeness (QED) is 0.644. The van der Waals surface area contributed by atoms with Crippen LogP contribution in [0.1, 0.15) is 31.9 Å². The summed E-state index contributed by atoms with van der Waals surface area (Å²) in [7, 11) is 0. The molecule has 0 aliphatic carbocycles. The lowest BCUT2D eigenvalue weighted by molar-refractivity contribution is -0.115. The zero-order valence-corrected chi connectivity index (χ0v) is 12.6. The second-order valence-corrected chi connectivity index (χ2v) is 5.85. The average Bonchev–Trinajstić information content (AvgIpc) is 2.25. The molecule has 0 unspecified atom stereocenters. The molecule has 0 atom stereocenters. The minimum absolute atomic E-state index is 0.162. The maximum Gasteiger partial charge on any atom is 0.250 e. The smallest absolute Gasteiger partial charge is 0.250 e. The summed E-state index contributed by atoms with van der Waals surface area (Å²) in [5.41, 5.74) is 2.01. The summed E-state index contributed by atoms with van der Waals surface area (Å²) >= 11 is 5.05. The molecule has 102 valence electrons. The van der Waals surface area contributed by atoms with Gasteiger partial charge in [0.05, 0.1) is 0 Å². The minimum Gasteiger partial charge on any atom is -0.358 e. The topological polar surface area (TPSA) is 41.1 Å². The molecule has 0 aliphatic rings. The molecule has 0 saturated heterocycles. The highest BCUT2D eigenvalue weighted by Crippen LogP contribution is 2.04. The number of nitrogens with one attached hydrogen (secondary N) is 2. The Morgan fingerprint density at radius 2 is 1.79 bits per heavy atom. The summed E-state index contributed by atoms with van der Waals surface area (Å²) < 4.78 is 0. The van der Waals surface area contributed by atoms with Gasteiger partial charge in [-0.1, -0.05) is 29.8 Å². The maximum atomic E-state index is 11.7. The van der Waals surface area contributed by atoms with Crippen LogP contribution in [0.4, 0.5) is 0 Å². The van der Waals surface area contributed by atoms with Gasteiger partial charge in [0.1, 0.15) is 0 Å². The summed E-state index contributed by atoms with van der Waals surface area (Å²) in [6.07, 6.45) is 3.23. The van der Waals surface area contributed by atoms with Crippen molar-refractivity contribution >= 4 is 29.3 Å². The van der Waals surface area contributed by atoms with Gasteiger partial charge in [-0.3, -0.25) is 10.1 Å². The van der Waals surface area contributed by atoms with Crippen molar-refractivity contribution in [2.24, 2.45) is 0 Å². The molecule has 0 spiro atoms. The van der Waals surface area contributed by atoms with E-state index in [2.05, 4.69) is 10.6 Å². The SMILES string of the molecule is Cc1ccc(C=CC(=O)NC(=S)NC(C)(C)C)cc1. The third-order valence-corrected chi connectivity index (χ3v) is 2.43. The van der Waals surface area contributed by atoms with Gasteiger partial charge in [-0.15, -0.1) is 0 Å². The van der Waals surface area contributed by atoms with Gasteiger partial charge in [0, 0.05) is 11.6 Å². The van der Waals surface area contributed by atoms with Crippen LogP contribution in [0.25, 0.3) is 6.08 Å². The fourth-order valence-electron chi connectivity index (χ4n) is 1.37. The lowest BCUT2D eigenvalue weighted by atomic mass is 10.1. The normalized spacial score (nSPS) is 11.4. The van der Waals surface area contributed by atoms with E-state index in [1.165, 1.54) is 11.6 Å². The van der Waals surface area contributed by atoms with E-state index in [4.69, 9.17) is 12.2 Å². The van der Waals surface area contributed by atoms with Crippen LogP contribution in [0.2, 0.25) is 0 Å². The predicted octanol–water partition coefficient (Wildman–Crippen LogP) is 2.80. The monoisotopic (exact) mass is 276 g/mol. The van der Waals surface area contributed by atoms with Crippen molar-refractivity contribution in [2.45, 2.75) is 33.2 Å². The predicted molar refractivity (Wildman–Crippen MR) is 83.8 cm³/mol. The van der Waals surface area contributed by atoms with Crippen molar-refractivity contribution < 1.29 is 4.79 Å². The number of carbonyl (C=O) groups is 1. The summed E-state index contributed by atoms with van der Waals surface area (Å²) in [4.78, 5) is 11.7. The number of hydrogen-bond acceptors (Lipinski definition) is 2. The zero-order valence-electron chi connectivity index (χ0n) is 11.8. The van der Waals surface area contributed by atoms with Crippen molar-refractivity contribution in [3.63, 3.8) is 0 Å². The molecule has 1 aromatic rings. The van der Waals surface area contributed by atoms with Crippen LogP contribution in [-0.4, -0.2) is 16.6 Å². The number of benzene rings is 1. The van der Waals surface area contributed by atoms with E-state index in [1.807, 2.05) is 52.0 Å². The third kappa shape index (κ3) is 6.72. The van der Waals surface area contributed by atoms with E-state index in [1.54, 1.807) is 6.08 Å². The molecule has 1 rings (SSSR count). The lowest BCUT2D eigenvalue weighted by Gasteiger charge is -2.22. The molecular weight excluding hydrogens is 256 g/mol. The second kappa shape index (κ2) is 6.48. The molecule has 1 amide bonds. The van der Waals surface area contributed by atoms with Crippen LogP contribution in [0.5, 0.6) is 0 Å². The molecule has 0 bridgehead atoms. The summed E-state index contributed by atoms with van der Waals surface area (Å²) in [6.45, 7) is 7.96. The van der Waals surface area contributed by atoms with E-state index in [9.17, 15) is 4.79 Å². The first-order valence-electron chi connectivity index (χ1n) is 6.14. The molecule has 4 heteroatoms. The summed E-state index contributed by atoms with van der Waals surface area (Å²) in [5, 5.41) is 5.97. The molecule has 0 saturated carbocycles. The van der Waals surface area contributed by atoms with Gasteiger partial charge in [0.2, 0.25) is 5.91 Å². The Bertz CT molecular complexity index is 484. The van der Waals surface area contributed by atoms with Crippen LogP contribution in [0.3, 0.4) is 0 Å². The van der Waals surface area contributed by atoms with Crippen molar-refractivity contribution in [1.82, 2.24) is 10.6 Å². The van der Waals surface area contributed by atoms with Gasteiger partial charge in [0.15, 0.2) is 5.11 Å². The molecule has 0 fully saturated rings. The van der Waals surface area contributed by atoms with E-state index in [0.29, 0.717) is 5.11 Å². The van der Waals surface area contributed by atoms with Crippen molar-refractivity contribution in [2.75, 3.05) is 0 Å². The Balaban J connectivity index is 2.51. The first kappa shape index (κ1) is 15.4. The number of carbonyl (C=O) groups excluding carboxylic acids is 1. The minimum atomic E-state index is -0.234. The van der Waals surface area contributed by atoms with Crippen LogP contribution < -0.4 is 10.6 Å². The number of rotatable bonds is 2. The Labute approximate surface area is 120 Å². The standard InChI is InChI=1S/C15H20N2OS/c1-11-5-7-12(8-6-11)9-10-13(18)16-14(19)17-15(2,3)4/h5-10H,1-4H3,(H2,16,17,18,19). The van der Waals surface area contributed by atoms with Crippen LogP contribution in [-0.2, 0) is 4.79 Å². The van der Waals surface area contributed by atoms with E-state index >= 15 is 0 Å². The molecule has 1 aromatic carbocycles. The molecule has 3 nitrogen and oxygen atoms in total. The summed E-state index contributed by atoms with van der Waals surface area (Å²) in [6, 6.07) is 7.93. The Morgan fingerprint density at radius 1 is 1.21 bits per heavy atom. The Morgan fingerprint density at radius 3 is 2.32 bits per heavy atom. The molecular formula is C15H20N2OS. The Kier molecular flexibility index (Phi) is 5.24. The highest BCUT2D eigenvalue weighted by molar-refractivity contribution is 7.80. The molecule has 19 heavy (non-hydrogen) atoms. The molecule has 2 N–H and O–H groups in total. The molecule has 0 aliphatic heterocycles. The van der Waals surface area contributed by atoms with Crippen LogP contribution in [0.15, 0.2) is 30.3 Å². The highest BCUT2D eigenvalue weighted by Gasteiger charge is 2.11. The second-order valence-electron chi connectivity index (χ2n) is 5.44. The number of hydrogen-bond donors (Lipinski definition) is 2. The van der Waals surface area contributed by atoms with Crippen LogP contribution in [0, 0.1) is 6.92 Å². The van der Waals surface area contributed by atoms with Gasteiger partial charge in [-0.25, -0.2) is 0 Å². The zero-order chi connectivity index (χ0) is 14.5. The van der Waals surface area contributed by atoms with Crippen LogP contribution >= 0.6 is 12.2 Å². The largest absolute Gasteiger partial charge is 0.358 e. The lowest BCUT2D eigenvalue weighted by Crippen LogP contribution is -2.47. The molecule has 0 aromatic heterocycles.